The first-order valence-corrected chi connectivity index (χ1v) is 5.97. The third-order valence-corrected chi connectivity index (χ3v) is 2.41. The lowest BCUT2D eigenvalue weighted by Crippen LogP contribution is -2.28. The summed E-state index contributed by atoms with van der Waals surface area (Å²) >= 11 is 11.5. The van der Waals surface area contributed by atoms with Gasteiger partial charge in [0.1, 0.15) is 5.15 Å². The molecule has 1 aromatic heterocycles. The molecule has 1 N–H and O–H groups in total. The van der Waals surface area contributed by atoms with E-state index in [-0.39, 0.29) is 22.2 Å². The van der Waals surface area contributed by atoms with Gasteiger partial charge in [0.05, 0.1) is 23.3 Å². The van der Waals surface area contributed by atoms with Crippen molar-refractivity contribution in [1.29, 1.82) is 0 Å². The van der Waals surface area contributed by atoms with E-state index in [9.17, 15) is 4.79 Å². The number of carbonyl (C=O) groups excluding carboxylic acids is 1. The van der Waals surface area contributed by atoms with Gasteiger partial charge in [-0.2, -0.15) is 0 Å². The second-order valence-electron chi connectivity index (χ2n) is 3.66. The van der Waals surface area contributed by atoms with E-state index in [0.29, 0.717) is 18.7 Å². The summed E-state index contributed by atoms with van der Waals surface area (Å²) < 4.78 is 5.30. The molecule has 94 valence electrons. The number of hydrogen-bond acceptors (Lipinski definition) is 3. The topological polar surface area (TPSA) is 51.2 Å². The SMILES string of the molecule is CC(C)OCCNC(=O)c1cc(Cl)ncc1Cl. The second-order valence-corrected chi connectivity index (χ2v) is 4.46. The van der Waals surface area contributed by atoms with Crippen LogP contribution in [0.1, 0.15) is 24.2 Å². The standard InChI is InChI=1S/C11H14Cl2N2O2/c1-7(2)17-4-3-14-11(16)8-5-10(13)15-6-9(8)12/h5-7H,3-4H2,1-2H3,(H,14,16). The molecule has 0 aliphatic carbocycles. The van der Waals surface area contributed by atoms with Crippen LogP contribution < -0.4 is 5.32 Å². The predicted octanol–water partition coefficient (Wildman–Crippen LogP) is 2.54. The summed E-state index contributed by atoms with van der Waals surface area (Å²) in [6.07, 6.45) is 1.49. The van der Waals surface area contributed by atoms with Crippen molar-refractivity contribution in [1.82, 2.24) is 10.3 Å². The van der Waals surface area contributed by atoms with Gasteiger partial charge in [-0.3, -0.25) is 4.79 Å². The first-order chi connectivity index (χ1) is 8.00. The van der Waals surface area contributed by atoms with Crippen LogP contribution in [0.3, 0.4) is 0 Å². The van der Waals surface area contributed by atoms with Crippen molar-refractivity contribution in [2.24, 2.45) is 0 Å². The molecule has 0 unspecified atom stereocenters. The van der Waals surface area contributed by atoms with E-state index >= 15 is 0 Å². The highest BCUT2D eigenvalue weighted by molar-refractivity contribution is 6.35. The molecule has 0 radical (unpaired) electrons. The number of ether oxygens (including phenoxy) is 1. The lowest BCUT2D eigenvalue weighted by Gasteiger charge is -2.09. The number of pyridine rings is 1. The molecule has 4 nitrogen and oxygen atoms in total. The van der Waals surface area contributed by atoms with Gasteiger partial charge in [-0.15, -0.1) is 0 Å². The van der Waals surface area contributed by atoms with Crippen LogP contribution in [0.25, 0.3) is 0 Å². The van der Waals surface area contributed by atoms with E-state index in [0.717, 1.165) is 0 Å². The van der Waals surface area contributed by atoms with Gasteiger partial charge in [0, 0.05) is 12.7 Å². The van der Waals surface area contributed by atoms with Gasteiger partial charge in [0.15, 0.2) is 0 Å². The zero-order chi connectivity index (χ0) is 12.8. The largest absolute Gasteiger partial charge is 0.377 e. The number of carbonyl (C=O) groups is 1. The van der Waals surface area contributed by atoms with Gasteiger partial charge in [0.25, 0.3) is 5.91 Å². The highest BCUT2D eigenvalue weighted by Gasteiger charge is 2.11. The van der Waals surface area contributed by atoms with Crippen molar-refractivity contribution >= 4 is 29.1 Å². The van der Waals surface area contributed by atoms with Crippen LogP contribution in [-0.2, 0) is 4.74 Å². The molecule has 0 aliphatic rings. The van der Waals surface area contributed by atoms with E-state index in [1.165, 1.54) is 12.3 Å². The molecule has 0 fully saturated rings. The molecule has 1 rings (SSSR count). The Balaban J connectivity index is 2.49. The summed E-state index contributed by atoms with van der Waals surface area (Å²) in [6, 6.07) is 1.43. The van der Waals surface area contributed by atoms with Crippen LogP contribution in [0.15, 0.2) is 12.3 Å². The molecule has 0 atom stereocenters. The molecule has 1 heterocycles. The number of nitrogens with one attached hydrogen (secondary N) is 1. The maximum atomic E-state index is 11.7. The monoisotopic (exact) mass is 276 g/mol. The number of hydrogen-bond donors (Lipinski definition) is 1. The first kappa shape index (κ1) is 14.2. The van der Waals surface area contributed by atoms with Gasteiger partial charge in [-0.05, 0) is 19.9 Å². The zero-order valence-electron chi connectivity index (χ0n) is 9.67. The van der Waals surface area contributed by atoms with E-state index in [2.05, 4.69) is 10.3 Å². The Bertz CT molecular complexity index is 397. The molecule has 0 saturated heterocycles. The second kappa shape index (κ2) is 6.79. The van der Waals surface area contributed by atoms with Gasteiger partial charge >= 0.3 is 0 Å². The number of rotatable bonds is 5. The van der Waals surface area contributed by atoms with Crippen LogP contribution in [0, 0.1) is 0 Å². The van der Waals surface area contributed by atoms with Crippen molar-refractivity contribution < 1.29 is 9.53 Å². The molecule has 0 aromatic carbocycles. The summed E-state index contributed by atoms with van der Waals surface area (Å²) in [5.41, 5.74) is 0.316. The Kier molecular flexibility index (Phi) is 5.68. The van der Waals surface area contributed by atoms with Crippen molar-refractivity contribution in [2.45, 2.75) is 20.0 Å². The van der Waals surface area contributed by atoms with Gasteiger partial charge in [-0.1, -0.05) is 23.2 Å². The van der Waals surface area contributed by atoms with Gasteiger partial charge < -0.3 is 10.1 Å². The van der Waals surface area contributed by atoms with E-state index in [1.54, 1.807) is 0 Å². The molecule has 0 aliphatic heterocycles. The fourth-order valence-electron chi connectivity index (χ4n) is 1.14. The van der Waals surface area contributed by atoms with Crippen molar-refractivity contribution in [3.8, 4) is 0 Å². The lowest BCUT2D eigenvalue weighted by atomic mass is 10.2. The molecule has 1 aromatic rings. The van der Waals surface area contributed by atoms with Crippen molar-refractivity contribution in [3.63, 3.8) is 0 Å². The highest BCUT2D eigenvalue weighted by atomic mass is 35.5. The maximum Gasteiger partial charge on any atom is 0.253 e. The third-order valence-electron chi connectivity index (χ3n) is 1.91. The summed E-state index contributed by atoms with van der Waals surface area (Å²) in [5.74, 6) is -0.286. The van der Waals surface area contributed by atoms with E-state index < -0.39 is 0 Å². The lowest BCUT2D eigenvalue weighted by molar-refractivity contribution is 0.0746. The minimum Gasteiger partial charge on any atom is -0.377 e. The molecular formula is C11H14Cl2N2O2. The molecule has 1 amide bonds. The van der Waals surface area contributed by atoms with Crippen molar-refractivity contribution in [3.05, 3.63) is 28.0 Å². The Labute approximate surface area is 110 Å². The normalized spacial score (nSPS) is 10.6. The van der Waals surface area contributed by atoms with E-state index in [4.69, 9.17) is 27.9 Å². The Morgan fingerprint density at radius 3 is 2.88 bits per heavy atom. The van der Waals surface area contributed by atoms with Crippen LogP contribution in [0.5, 0.6) is 0 Å². The van der Waals surface area contributed by atoms with Gasteiger partial charge in [0.2, 0.25) is 0 Å². The van der Waals surface area contributed by atoms with Gasteiger partial charge in [-0.25, -0.2) is 4.98 Å². The Morgan fingerprint density at radius 2 is 2.24 bits per heavy atom. The molecule has 0 saturated carbocycles. The van der Waals surface area contributed by atoms with Crippen LogP contribution >= 0.6 is 23.2 Å². The minimum atomic E-state index is -0.286. The predicted molar refractivity (Wildman–Crippen MR) is 67.7 cm³/mol. The molecule has 0 bridgehead atoms. The molecule has 17 heavy (non-hydrogen) atoms. The quantitative estimate of drug-likeness (QED) is 0.664. The summed E-state index contributed by atoms with van der Waals surface area (Å²) in [4.78, 5) is 15.5. The maximum absolute atomic E-state index is 11.7. The summed E-state index contributed by atoms with van der Waals surface area (Å²) in [6.45, 7) is 4.75. The Hall–Kier alpha value is -0.840. The number of aromatic nitrogens is 1. The average molecular weight is 277 g/mol. The van der Waals surface area contributed by atoms with Crippen LogP contribution in [0.4, 0.5) is 0 Å². The van der Waals surface area contributed by atoms with Crippen molar-refractivity contribution in [2.75, 3.05) is 13.2 Å². The minimum absolute atomic E-state index is 0.144. The smallest absolute Gasteiger partial charge is 0.253 e. The average Bonchev–Trinajstić information content (AvgIpc) is 2.27. The molecule has 6 heteroatoms. The zero-order valence-corrected chi connectivity index (χ0v) is 11.2. The first-order valence-electron chi connectivity index (χ1n) is 5.21. The fourth-order valence-corrected chi connectivity index (χ4v) is 1.49. The molecule has 0 spiro atoms. The third kappa shape index (κ3) is 4.89. The number of nitrogens with zero attached hydrogens (tertiary/aromatic N) is 1. The summed E-state index contributed by atoms with van der Waals surface area (Å²) in [7, 11) is 0. The van der Waals surface area contributed by atoms with E-state index in [1.807, 2.05) is 13.8 Å². The molecular weight excluding hydrogens is 263 g/mol. The highest BCUT2D eigenvalue weighted by Crippen LogP contribution is 2.17. The van der Waals surface area contributed by atoms with Crippen LogP contribution in [0.2, 0.25) is 10.2 Å². The number of amides is 1. The number of halogens is 2. The fraction of sp³-hybridized carbons (Fsp3) is 0.455. The van der Waals surface area contributed by atoms with Crippen LogP contribution in [-0.4, -0.2) is 30.1 Å². The Morgan fingerprint density at radius 1 is 1.53 bits per heavy atom. The summed E-state index contributed by atoms with van der Waals surface area (Å²) in [5, 5.41) is 3.20.